The number of hydrogen-bond acceptors (Lipinski definition) is 5. The maximum Gasteiger partial charge on any atom is 0.308 e. The quantitative estimate of drug-likeness (QED) is 0.521. The van der Waals surface area contributed by atoms with E-state index in [1.165, 1.54) is 18.6 Å². The minimum Gasteiger partial charge on any atom is -0.508 e. The summed E-state index contributed by atoms with van der Waals surface area (Å²) in [6, 6.07) is 6.48. The van der Waals surface area contributed by atoms with E-state index in [0.717, 1.165) is 0 Å². The normalized spacial score (nSPS) is 10.6. The Balaban J connectivity index is 1.96. The summed E-state index contributed by atoms with van der Waals surface area (Å²) < 4.78 is 0. The highest BCUT2D eigenvalue weighted by atomic mass is 16.3. The lowest BCUT2D eigenvalue weighted by Crippen LogP contribution is -2.19. The maximum atomic E-state index is 11.4. The molecule has 0 aliphatic heterocycles. The van der Waals surface area contributed by atoms with Gasteiger partial charge < -0.3 is 5.11 Å². The number of benzene rings is 1. The molecule has 0 spiro atoms. The summed E-state index contributed by atoms with van der Waals surface area (Å²) in [7, 11) is 0. The Morgan fingerprint density at radius 2 is 2.41 bits per heavy atom. The zero-order valence-electron chi connectivity index (χ0n) is 8.66. The molecule has 0 radical (unpaired) electrons. The second-order valence-corrected chi connectivity index (χ2v) is 3.13. The number of hydrogen-bond donors (Lipinski definition) is 3. The molecule has 0 fully saturated rings. The molecule has 0 saturated heterocycles. The van der Waals surface area contributed by atoms with Crippen LogP contribution in [0.5, 0.6) is 5.75 Å². The Hall–Kier alpha value is -2.70. The Morgan fingerprint density at radius 1 is 1.53 bits per heavy atom. The number of phenolic OH excluding ortho intramolecular Hbond substituents is 1. The molecule has 1 heterocycles. The molecule has 3 N–H and O–H groups in total. The number of carbonyl (C=O) groups excluding carboxylic acids is 1. The summed E-state index contributed by atoms with van der Waals surface area (Å²) in [6.45, 7) is 0. The molecule has 0 unspecified atom stereocenters. The van der Waals surface area contributed by atoms with E-state index >= 15 is 0 Å². The number of aromatic nitrogens is 3. The molecule has 0 aliphatic carbocycles. The van der Waals surface area contributed by atoms with Crippen molar-refractivity contribution in [2.24, 2.45) is 5.10 Å². The van der Waals surface area contributed by atoms with E-state index in [-0.39, 0.29) is 11.6 Å². The highest BCUT2D eigenvalue weighted by Gasteiger charge is 2.05. The van der Waals surface area contributed by atoms with E-state index < -0.39 is 5.91 Å². The second kappa shape index (κ2) is 4.88. The predicted molar refractivity (Wildman–Crippen MR) is 59.5 cm³/mol. The average Bonchev–Trinajstić information content (AvgIpc) is 2.82. The van der Waals surface area contributed by atoms with Crippen molar-refractivity contribution < 1.29 is 9.90 Å². The van der Waals surface area contributed by atoms with E-state index in [1.54, 1.807) is 18.2 Å². The SMILES string of the molecule is O=C(N/N=C/c1cccc(O)c1)c1ncn[nH]1. The Bertz CT molecular complexity index is 535. The fourth-order valence-corrected chi connectivity index (χ4v) is 1.14. The van der Waals surface area contributed by atoms with Gasteiger partial charge in [0.1, 0.15) is 12.1 Å². The van der Waals surface area contributed by atoms with Crippen LogP contribution in [0.25, 0.3) is 0 Å². The first kappa shape index (κ1) is 10.8. The van der Waals surface area contributed by atoms with Crippen molar-refractivity contribution in [3.05, 3.63) is 42.0 Å². The summed E-state index contributed by atoms with van der Waals surface area (Å²) >= 11 is 0. The van der Waals surface area contributed by atoms with Crippen LogP contribution in [0.1, 0.15) is 16.2 Å². The van der Waals surface area contributed by atoms with Crippen LogP contribution in [0.15, 0.2) is 35.7 Å². The number of nitrogens with zero attached hydrogens (tertiary/aromatic N) is 3. The summed E-state index contributed by atoms with van der Waals surface area (Å²) in [5, 5.41) is 18.9. The average molecular weight is 231 g/mol. The Kier molecular flexibility index (Phi) is 3.10. The highest BCUT2D eigenvalue weighted by molar-refractivity contribution is 5.91. The van der Waals surface area contributed by atoms with Crippen molar-refractivity contribution in [3.8, 4) is 5.75 Å². The van der Waals surface area contributed by atoms with E-state index in [0.29, 0.717) is 5.56 Å². The van der Waals surface area contributed by atoms with Crippen LogP contribution >= 0.6 is 0 Å². The van der Waals surface area contributed by atoms with Gasteiger partial charge in [0.25, 0.3) is 0 Å². The number of H-pyrrole nitrogens is 1. The lowest BCUT2D eigenvalue weighted by atomic mass is 10.2. The van der Waals surface area contributed by atoms with Crippen LogP contribution < -0.4 is 5.43 Å². The molecule has 7 nitrogen and oxygen atoms in total. The van der Waals surface area contributed by atoms with Crippen LogP contribution in [0.3, 0.4) is 0 Å². The lowest BCUT2D eigenvalue weighted by molar-refractivity contribution is 0.0945. The van der Waals surface area contributed by atoms with Gasteiger partial charge in [-0.2, -0.15) is 10.2 Å². The molecule has 17 heavy (non-hydrogen) atoms. The van der Waals surface area contributed by atoms with E-state index in [4.69, 9.17) is 0 Å². The van der Waals surface area contributed by atoms with Gasteiger partial charge in [-0.15, -0.1) is 0 Å². The molecular formula is C10H9N5O2. The number of aromatic amines is 1. The van der Waals surface area contributed by atoms with Gasteiger partial charge in [0.05, 0.1) is 6.21 Å². The summed E-state index contributed by atoms with van der Waals surface area (Å²) in [5.74, 6) is -0.271. The summed E-state index contributed by atoms with van der Waals surface area (Å²) in [4.78, 5) is 15.0. The van der Waals surface area contributed by atoms with Gasteiger partial charge in [0, 0.05) is 0 Å². The third-order valence-corrected chi connectivity index (χ3v) is 1.88. The fraction of sp³-hybridized carbons (Fsp3) is 0. The zero-order chi connectivity index (χ0) is 12.1. The minimum absolute atomic E-state index is 0.0815. The van der Waals surface area contributed by atoms with Crippen molar-refractivity contribution in [2.75, 3.05) is 0 Å². The van der Waals surface area contributed by atoms with Gasteiger partial charge in [-0.1, -0.05) is 12.1 Å². The molecule has 0 aliphatic rings. The van der Waals surface area contributed by atoms with Gasteiger partial charge in [-0.3, -0.25) is 9.89 Å². The smallest absolute Gasteiger partial charge is 0.308 e. The van der Waals surface area contributed by atoms with Crippen LogP contribution in [0, 0.1) is 0 Å². The third-order valence-electron chi connectivity index (χ3n) is 1.88. The molecule has 86 valence electrons. The van der Waals surface area contributed by atoms with E-state index in [9.17, 15) is 9.90 Å². The number of nitrogens with one attached hydrogen (secondary N) is 2. The van der Waals surface area contributed by atoms with Crippen molar-refractivity contribution in [3.63, 3.8) is 0 Å². The van der Waals surface area contributed by atoms with Gasteiger partial charge in [-0.05, 0) is 17.7 Å². The number of carbonyl (C=O) groups is 1. The Morgan fingerprint density at radius 3 is 3.12 bits per heavy atom. The van der Waals surface area contributed by atoms with Crippen LogP contribution in [-0.4, -0.2) is 32.4 Å². The third kappa shape index (κ3) is 2.88. The Labute approximate surface area is 96.2 Å². The largest absolute Gasteiger partial charge is 0.508 e. The minimum atomic E-state index is -0.487. The second-order valence-electron chi connectivity index (χ2n) is 3.13. The number of hydrazone groups is 1. The fourth-order valence-electron chi connectivity index (χ4n) is 1.14. The van der Waals surface area contributed by atoms with Crippen LogP contribution in [0.2, 0.25) is 0 Å². The molecule has 0 saturated carbocycles. The first-order valence-electron chi connectivity index (χ1n) is 4.73. The predicted octanol–water partition coefficient (Wildman–Crippen LogP) is 0.274. The summed E-state index contributed by atoms with van der Waals surface area (Å²) in [6.07, 6.45) is 2.64. The molecule has 0 bridgehead atoms. The lowest BCUT2D eigenvalue weighted by Gasteiger charge is -1.95. The molecule has 2 rings (SSSR count). The molecule has 1 aromatic heterocycles. The van der Waals surface area contributed by atoms with E-state index in [1.807, 2.05) is 0 Å². The molecular weight excluding hydrogens is 222 g/mol. The van der Waals surface area contributed by atoms with E-state index in [2.05, 4.69) is 25.7 Å². The highest BCUT2D eigenvalue weighted by Crippen LogP contribution is 2.08. The standard InChI is InChI=1S/C10H9N5O2/c16-8-3-1-2-7(4-8)5-12-15-10(17)9-11-6-13-14-9/h1-6,16H,(H,15,17)(H,11,13,14)/b12-5+. The van der Waals surface area contributed by atoms with Crippen molar-refractivity contribution in [1.29, 1.82) is 0 Å². The first-order chi connectivity index (χ1) is 8.25. The molecule has 1 aromatic carbocycles. The number of aromatic hydroxyl groups is 1. The molecule has 1 amide bonds. The topological polar surface area (TPSA) is 103 Å². The maximum absolute atomic E-state index is 11.4. The summed E-state index contributed by atoms with van der Waals surface area (Å²) in [5.41, 5.74) is 2.94. The zero-order valence-corrected chi connectivity index (χ0v) is 8.66. The van der Waals surface area contributed by atoms with Gasteiger partial charge >= 0.3 is 5.91 Å². The number of amides is 1. The molecule has 7 heteroatoms. The van der Waals surface area contributed by atoms with Crippen molar-refractivity contribution in [2.45, 2.75) is 0 Å². The number of phenols is 1. The van der Waals surface area contributed by atoms with Crippen molar-refractivity contribution in [1.82, 2.24) is 20.6 Å². The molecule has 2 aromatic rings. The van der Waals surface area contributed by atoms with Gasteiger partial charge in [-0.25, -0.2) is 10.4 Å². The first-order valence-corrected chi connectivity index (χ1v) is 4.73. The number of rotatable bonds is 3. The van der Waals surface area contributed by atoms with Crippen LogP contribution in [0.4, 0.5) is 0 Å². The van der Waals surface area contributed by atoms with Crippen molar-refractivity contribution >= 4 is 12.1 Å². The van der Waals surface area contributed by atoms with Gasteiger partial charge in [0.15, 0.2) is 0 Å². The molecule has 0 atom stereocenters. The van der Waals surface area contributed by atoms with Crippen LogP contribution in [-0.2, 0) is 0 Å². The monoisotopic (exact) mass is 231 g/mol. The van der Waals surface area contributed by atoms with Gasteiger partial charge in [0.2, 0.25) is 5.82 Å².